The van der Waals surface area contributed by atoms with Crippen LogP contribution >= 0.6 is 7.77 Å². The molecule has 2 atom stereocenters. The van der Waals surface area contributed by atoms with Gasteiger partial charge in [0.2, 0.25) is 6.35 Å². The van der Waals surface area contributed by atoms with E-state index in [1.165, 1.54) is 5.80 Å². The molecule has 0 saturated carbocycles. The molecule has 16 heavy (non-hydrogen) atoms. The Labute approximate surface area is 97.4 Å². The van der Waals surface area contributed by atoms with E-state index in [4.69, 9.17) is 15.2 Å². The highest BCUT2D eigenvalue weighted by Gasteiger charge is 2.16. The standard InChI is InChI=1S/C10H20NO4P/c1-4-14-7-16(13)6-5-9(11)10(12)15-8(2)3/h6,8-9H,4-5,7,11H2,1-3H3. The minimum absolute atomic E-state index is 0.178. The fourth-order valence-corrected chi connectivity index (χ4v) is 1.81. The van der Waals surface area contributed by atoms with Crippen LogP contribution in [-0.4, -0.2) is 36.9 Å². The molecule has 94 valence electrons. The SMILES string of the molecule is CCOC[P+]([O-])=CCC(N)C(=O)OC(C)C. The first-order valence-corrected chi connectivity index (χ1v) is 6.79. The van der Waals surface area contributed by atoms with Gasteiger partial charge in [-0.15, -0.1) is 0 Å². The van der Waals surface area contributed by atoms with E-state index in [2.05, 4.69) is 0 Å². The number of esters is 1. The van der Waals surface area contributed by atoms with E-state index < -0.39 is 19.8 Å². The van der Waals surface area contributed by atoms with Crippen molar-refractivity contribution >= 4 is 19.5 Å². The van der Waals surface area contributed by atoms with Gasteiger partial charge in [0, 0.05) is 13.0 Å². The minimum Gasteiger partial charge on any atom is -0.629 e. The van der Waals surface area contributed by atoms with Crippen LogP contribution in [0.3, 0.4) is 0 Å². The molecule has 0 saturated heterocycles. The van der Waals surface area contributed by atoms with E-state index >= 15 is 0 Å². The number of hydrogen-bond donors (Lipinski definition) is 1. The van der Waals surface area contributed by atoms with Crippen LogP contribution in [0.1, 0.15) is 27.2 Å². The van der Waals surface area contributed by atoms with Crippen LogP contribution in [0.5, 0.6) is 0 Å². The molecule has 0 aromatic heterocycles. The van der Waals surface area contributed by atoms with Gasteiger partial charge in [-0.3, -0.25) is 4.79 Å². The molecule has 0 aliphatic carbocycles. The van der Waals surface area contributed by atoms with Gasteiger partial charge in [-0.1, -0.05) is 0 Å². The predicted octanol–water partition coefficient (Wildman–Crippen LogP) is 0.209. The summed E-state index contributed by atoms with van der Waals surface area (Å²) in [7, 11) is -1.55. The van der Waals surface area contributed by atoms with E-state index in [1.807, 2.05) is 6.92 Å². The maximum atomic E-state index is 11.3. The van der Waals surface area contributed by atoms with Gasteiger partial charge in [-0.05, 0) is 20.8 Å². The number of carbonyl (C=O) groups is 1. The number of ether oxygens (including phenoxy) is 2. The second-order valence-corrected chi connectivity index (χ2v) is 5.01. The lowest BCUT2D eigenvalue weighted by Crippen LogP contribution is -2.34. The summed E-state index contributed by atoms with van der Waals surface area (Å²) in [6.07, 6.45) is 0.238. The molecule has 0 fully saturated rings. The maximum absolute atomic E-state index is 11.3. The lowest BCUT2D eigenvalue weighted by Gasteiger charge is -2.11. The van der Waals surface area contributed by atoms with E-state index in [9.17, 15) is 9.69 Å². The van der Waals surface area contributed by atoms with Gasteiger partial charge in [0.05, 0.1) is 19.7 Å². The van der Waals surface area contributed by atoms with Crippen molar-refractivity contribution in [3.05, 3.63) is 0 Å². The van der Waals surface area contributed by atoms with Crippen LogP contribution in [0.15, 0.2) is 0 Å². The lowest BCUT2D eigenvalue weighted by atomic mass is 10.2. The van der Waals surface area contributed by atoms with Crippen molar-refractivity contribution in [2.45, 2.75) is 39.3 Å². The van der Waals surface area contributed by atoms with Gasteiger partial charge < -0.3 is 20.1 Å². The topological polar surface area (TPSA) is 84.6 Å². The molecular weight excluding hydrogens is 229 g/mol. The first-order chi connectivity index (χ1) is 7.47. The number of carbonyl (C=O) groups excluding carboxylic acids is 1. The van der Waals surface area contributed by atoms with Gasteiger partial charge in [0.15, 0.2) is 0 Å². The van der Waals surface area contributed by atoms with Crippen molar-refractivity contribution in [1.82, 2.24) is 0 Å². The molecule has 0 aliphatic heterocycles. The average molecular weight is 249 g/mol. The molecule has 0 heterocycles. The molecule has 0 rings (SSSR count). The van der Waals surface area contributed by atoms with Crippen molar-refractivity contribution in [1.29, 1.82) is 0 Å². The summed E-state index contributed by atoms with van der Waals surface area (Å²) < 4.78 is 9.90. The second kappa shape index (κ2) is 8.65. The molecule has 0 radical (unpaired) electrons. The summed E-state index contributed by atoms with van der Waals surface area (Å²) in [5, 5.41) is 0. The van der Waals surface area contributed by atoms with E-state index in [1.54, 1.807) is 13.8 Å². The lowest BCUT2D eigenvalue weighted by molar-refractivity contribution is -0.156. The first-order valence-electron chi connectivity index (χ1n) is 5.28. The Kier molecular flexibility index (Phi) is 8.39. The highest BCUT2D eigenvalue weighted by atomic mass is 31.1. The van der Waals surface area contributed by atoms with Crippen LogP contribution in [-0.2, 0) is 14.3 Å². The van der Waals surface area contributed by atoms with Crippen molar-refractivity contribution < 1.29 is 19.2 Å². The highest BCUT2D eigenvalue weighted by Crippen LogP contribution is 2.10. The number of hydrogen-bond acceptors (Lipinski definition) is 5. The van der Waals surface area contributed by atoms with Crippen molar-refractivity contribution in [3.8, 4) is 0 Å². The summed E-state index contributed by atoms with van der Waals surface area (Å²) in [6.45, 7) is 5.86. The van der Waals surface area contributed by atoms with E-state index in [0.29, 0.717) is 6.61 Å². The molecule has 0 amide bonds. The third-order valence-electron chi connectivity index (χ3n) is 1.64. The van der Waals surface area contributed by atoms with Gasteiger partial charge in [-0.25, -0.2) is 0 Å². The highest BCUT2D eigenvalue weighted by molar-refractivity contribution is 7.49. The molecule has 0 aliphatic rings. The summed E-state index contributed by atoms with van der Waals surface area (Å²) in [5.41, 5.74) is 5.57. The molecule has 0 bridgehead atoms. The van der Waals surface area contributed by atoms with Crippen LogP contribution in [0, 0.1) is 0 Å². The Bertz CT molecular complexity index is 243. The van der Waals surface area contributed by atoms with Crippen LogP contribution in [0.2, 0.25) is 0 Å². The average Bonchev–Trinajstić information content (AvgIpc) is 2.21. The zero-order valence-corrected chi connectivity index (χ0v) is 10.9. The minimum atomic E-state index is -1.55. The summed E-state index contributed by atoms with van der Waals surface area (Å²) in [4.78, 5) is 22.6. The molecule has 2 N–H and O–H groups in total. The summed E-state index contributed by atoms with van der Waals surface area (Å²) in [6, 6.07) is -0.747. The fraction of sp³-hybridized carbons (Fsp3) is 0.800. The Hall–Kier alpha value is -0.480. The van der Waals surface area contributed by atoms with Gasteiger partial charge in [0.1, 0.15) is 6.04 Å². The Morgan fingerprint density at radius 1 is 1.56 bits per heavy atom. The van der Waals surface area contributed by atoms with Gasteiger partial charge in [-0.2, -0.15) is 0 Å². The molecule has 2 unspecified atom stereocenters. The van der Waals surface area contributed by atoms with Crippen molar-refractivity contribution in [2.24, 2.45) is 5.73 Å². The first kappa shape index (κ1) is 15.5. The van der Waals surface area contributed by atoms with E-state index in [-0.39, 0.29) is 18.9 Å². The van der Waals surface area contributed by atoms with Crippen LogP contribution < -0.4 is 10.6 Å². The number of rotatable bonds is 7. The van der Waals surface area contributed by atoms with Crippen molar-refractivity contribution in [3.63, 3.8) is 0 Å². The zero-order valence-electron chi connectivity index (χ0n) is 10.0. The molecule has 0 aromatic carbocycles. The zero-order chi connectivity index (χ0) is 12.6. The summed E-state index contributed by atoms with van der Waals surface area (Å²) in [5.74, 6) is 1.04. The fourth-order valence-electron chi connectivity index (χ4n) is 0.881. The molecule has 0 spiro atoms. The molecular formula is C10H20NO4P. The smallest absolute Gasteiger partial charge is 0.323 e. The maximum Gasteiger partial charge on any atom is 0.323 e. The third-order valence-corrected chi connectivity index (χ3v) is 2.70. The quantitative estimate of drug-likeness (QED) is 0.515. The monoisotopic (exact) mass is 249 g/mol. The van der Waals surface area contributed by atoms with Gasteiger partial charge >= 0.3 is 5.97 Å². The Morgan fingerprint density at radius 3 is 2.69 bits per heavy atom. The van der Waals surface area contributed by atoms with Crippen LogP contribution in [0.25, 0.3) is 0 Å². The number of nitrogens with two attached hydrogens (primary N) is 1. The summed E-state index contributed by atoms with van der Waals surface area (Å²) >= 11 is 0. The van der Waals surface area contributed by atoms with Gasteiger partial charge in [0.25, 0.3) is 0 Å². The molecule has 0 aromatic rings. The van der Waals surface area contributed by atoms with Crippen LogP contribution in [0.4, 0.5) is 0 Å². The predicted molar refractivity (Wildman–Crippen MR) is 63.3 cm³/mol. The Morgan fingerprint density at radius 2 is 2.19 bits per heavy atom. The normalized spacial score (nSPS) is 14.0. The largest absolute Gasteiger partial charge is 0.629 e. The molecule has 6 heteroatoms. The van der Waals surface area contributed by atoms with E-state index in [0.717, 1.165) is 0 Å². The van der Waals surface area contributed by atoms with Crippen molar-refractivity contribution in [2.75, 3.05) is 13.0 Å². The Balaban J connectivity index is 3.94. The molecule has 5 nitrogen and oxygen atoms in total. The second-order valence-electron chi connectivity index (χ2n) is 3.55. The third kappa shape index (κ3) is 7.77.